The van der Waals surface area contributed by atoms with Crippen molar-refractivity contribution in [3.63, 3.8) is 0 Å². The highest BCUT2D eigenvalue weighted by molar-refractivity contribution is 5.96. The van der Waals surface area contributed by atoms with E-state index < -0.39 is 23.9 Å². The van der Waals surface area contributed by atoms with Crippen molar-refractivity contribution in [1.29, 1.82) is 0 Å². The molecule has 0 unspecified atom stereocenters. The lowest BCUT2D eigenvalue weighted by atomic mass is 9.97. The third kappa shape index (κ3) is 3.55. The topological polar surface area (TPSA) is 46.5 Å². The second kappa shape index (κ2) is 5.67. The van der Waals surface area contributed by atoms with Gasteiger partial charge >= 0.3 is 12.3 Å². The molecule has 0 aliphatic rings. The van der Waals surface area contributed by atoms with Gasteiger partial charge < -0.3 is 9.84 Å². The minimum Gasteiger partial charge on any atom is -0.478 e. The molecule has 7 heteroatoms. The summed E-state index contributed by atoms with van der Waals surface area (Å²) in [6.45, 7) is 1.46. The van der Waals surface area contributed by atoms with Crippen molar-refractivity contribution in [2.24, 2.45) is 0 Å². The summed E-state index contributed by atoms with van der Waals surface area (Å²) in [5.41, 5.74) is 0.517. The second-order valence-corrected chi connectivity index (χ2v) is 4.52. The van der Waals surface area contributed by atoms with Crippen LogP contribution >= 0.6 is 0 Å². The molecule has 22 heavy (non-hydrogen) atoms. The number of aromatic carboxylic acids is 1. The largest absolute Gasteiger partial charge is 0.573 e. The molecule has 0 aliphatic carbocycles. The van der Waals surface area contributed by atoms with Gasteiger partial charge in [0.25, 0.3) is 0 Å². The van der Waals surface area contributed by atoms with Crippen LogP contribution in [0.3, 0.4) is 0 Å². The van der Waals surface area contributed by atoms with E-state index in [2.05, 4.69) is 4.74 Å². The number of hydrogen-bond acceptors (Lipinski definition) is 2. The van der Waals surface area contributed by atoms with E-state index >= 15 is 0 Å². The number of rotatable bonds is 3. The molecule has 0 saturated heterocycles. The first kappa shape index (κ1) is 15.8. The first-order chi connectivity index (χ1) is 10.2. The Kier molecular flexibility index (Phi) is 4.07. The van der Waals surface area contributed by atoms with Crippen LogP contribution in [0, 0.1) is 12.7 Å². The van der Waals surface area contributed by atoms with E-state index in [0.717, 1.165) is 18.2 Å². The Balaban J connectivity index is 2.44. The van der Waals surface area contributed by atoms with E-state index in [9.17, 15) is 22.4 Å². The maximum atomic E-state index is 13.5. The fourth-order valence-electron chi connectivity index (χ4n) is 1.93. The lowest BCUT2D eigenvalue weighted by Crippen LogP contribution is -2.16. The monoisotopic (exact) mass is 314 g/mol. The predicted octanol–water partition coefficient (Wildman–Crippen LogP) is 4.40. The lowest BCUT2D eigenvalue weighted by Gasteiger charge is -2.11. The zero-order valence-electron chi connectivity index (χ0n) is 11.2. The zero-order chi connectivity index (χ0) is 16.5. The van der Waals surface area contributed by atoms with Crippen LogP contribution in [0.15, 0.2) is 36.4 Å². The highest BCUT2D eigenvalue weighted by Crippen LogP contribution is 2.30. The van der Waals surface area contributed by atoms with Crippen molar-refractivity contribution < 1.29 is 32.2 Å². The van der Waals surface area contributed by atoms with Gasteiger partial charge in [0, 0.05) is 0 Å². The Morgan fingerprint density at radius 3 is 2.23 bits per heavy atom. The van der Waals surface area contributed by atoms with Crippen molar-refractivity contribution in [3.05, 3.63) is 53.3 Å². The molecule has 116 valence electrons. The third-order valence-electron chi connectivity index (χ3n) is 2.93. The second-order valence-electron chi connectivity index (χ2n) is 4.52. The molecule has 0 atom stereocenters. The van der Waals surface area contributed by atoms with E-state index in [1.807, 2.05) is 0 Å². The van der Waals surface area contributed by atoms with Crippen LogP contribution in [0.1, 0.15) is 15.9 Å². The number of benzene rings is 2. The third-order valence-corrected chi connectivity index (χ3v) is 2.93. The van der Waals surface area contributed by atoms with Gasteiger partial charge in [-0.3, -0.25) is 0 Å². The highest BCUT2D eigenvalue weighted by Gasteiger charge is 2.31. The molecule has 0 spiro atoms. The molecule has 2 aromatic carbocycles. The van der Waals surface area contributed by atoms with Crippen molar-refractivity contribution in [2.45, 2.75) is 13.3 Å². The molecule has 1 N–H and O–H groups in total. The summed E-state index contributed by atoms with van der Waals surface area (Å²) in [7, 11) is 0. The summed E-state index contributed by atoms with van der Waals surface area (Å²) in [5, 5.41) is 9.11. The predicted molar refractivity (Wildman–Crippen MR) is 70.2 cm³/mol. The number of hydrogen-bond donors (Lipinski definition) is 1. The number of aryl methyl sites for hydroxylation is 1. The summed E-state index contributed by atoms with van der Waals surface area (Å²) in [6, 6.07) is 6.90. The Bertz CT molecular complexity index is 706. The van der Waals surface area contributed by atoms with Gasteiger partial charge in [-0.15, -0.1) is 13.2 Å². The fourth-order valence-corrected chi connectivity index (χ4v) is 1.93. The molecule has 2 aromatic rings. The van der Waals surface area contributed by atoms with Gasteiger partial charge in [0.2, 0.25) is 0 Å². The van der Waals surface area contributed by atoms with E-state index in [1.54, 1.807) is 0 Å². The van der Waals surface area contributed by atoms with Crippen LogP contribution in [0.25, 0.3) is 11.1 Å². The Hall–Kier alpha value is -2.57. The molecule has 0 aromatic heterocycles. The van der Waals surface area contributed by atoms with Crippen molar-refractivity contribution >= 4 is 5.97 Å². The van der Waals surface area contributed by atoms with E-state index in [4.69, 9.17) is 5.11 Å². The molecular formula is C15H10F4O3. The minimum absolute atomic E-state index is 0.213. The Labute approximate surface area is 122 Å². The van der Waals surface area contributed by atoms with Gasteiger partial charge in [0.05, 0.1) is 5.56 Å². The smallest absolute Gasteiger partial charge is 0.478 e. The van der Waals surface area contributed by atoms with Crippen LogP contribution < -0.4 is 4.74 Å². The number of carbonyl (C=O) groups is 1. The standard InChI is InChI=1S/C15H10F4O3/c1-8-6-11(12(14(20)21)7-13(8)16)9-2-4-10(5-3-9)22-15(17,18)19/h2-7H,1H3,(H,20,21). The molecule has 0 amide bonds. The molecule has 2 rings (SSSR count). The number of ether oxygens (including phenoxy) is 1. The highest BCUT2D eigenvalue weighted by atomic mass is 19.4. The van der Waals surface area contributed by atoms with E-state index in [1.165, 1.54) is 25.1 Å². The zero-order valence-corrected chi connectivity index (χ0v) is 11.2. The SMILES string of the molecule is Cc1cc(-c2ccc(OC(F)(F)F)cc2)c(C(=O)O)cc1F. The van der Waals surface area contributed by atoms with Gasteiger partial charge in [-0.2, -0.15) is 0 Å². The average Bonchev–Trinajstić information content (AvgIpc) is 2.40. The first-order valence-corrected chi connectivity index (χ1v) is 6.07. The number of carboxylic acids is 1. The number of alkyl halides is 3. The summed E-state index contributed by atoms with van der Waals surface area (Å²) < 4.78 is 53.5. The van der Waals surface area contributed by atoms with Gasteiger partial charge in [0.1, 0.15) is 11.6 Å². The molecule has 0 radical (unpaired) electrons. The average molecular weight is 314 g/mol. The molecule has 0 aliphatic heterocycles. The summed E-state index contributed by atoms with van der Waals surface area (Å²) in [5.74, 6) is -2.42. The maximum absolute atomic E-state index is 13.5. The minimum atomic E-state index is -4.81. The molecule has 3 nitrogen and oxygen atoms in total. The normalized spacial score (nSPS) is 11.3. The summed E-state index contributed by atoms with van der Waals surface area (Å²) in [6.07, 6.45) is -4.81. The fraction of sp³-hybridized carbons (Fsp3) is 0.133. The van der Waals surface area contributed by atoms with Gasteiger partial charge in [0.15, 0.2) is 0 Å². The van der Waals surface area contributed by atoms with Crippen LogP contribution in [0.5, 0.6) is 5.75 Å². The van der Waals surface area contributed by atoms with Crippen molar-refractivity contribution in [3.8, 4) is 16.9 Å². The lowest BCUT2D eigenvalue weighted by molar-refractivity contribution is -0.274. The number of carboxylic acid groups (broad SMARTS) is 1. The van der Waals surface area contributed by atoms with Crippen molar-refractivity contribution in [2.75, 3.05) is 0 Å². The maximum Gasteiger partial charge on any atom is 0.573 e. The van der Waals surface area contributed by atoms with Crippen LogP contribution in [0.4, 0.5) is 17.6 Å². The Morgan fingerprint density at radius 2 is 1.73 bits per heavy atom. The quantitative estimate of drug-likeness (QED) is 0.854. The van der Waals surface area contributed by atoms with Gasteiger partial charge in [-0.25, -0.2) is 9.18 Å². The molecule has 0 heterocycles. The Morgan fingerprint density at radius 1 is 1.14 bits per heavy atom. The molecule has 0 fully saturated rings. The van der Waals surface area contributed by atoms with Gasteiger partial charge in [-0.05, 0) is 47.9 Å². The van der Waals surface area contributed by atoms with E-state index in [0.29, 0.717) is 5.56 Å². The van der Waals surface area contributed by atoms with Crippen LogP contribution in [0.2, 0.25) is 0 Å². The summed E-state index contributed by atoms with van der Waals surface area (Å²) in [4.78, 5) is 11.2. The van der Waals surface area contributed by atoms with Crippen molar-refractivity contribution in [1.82, 2.24) is 0 Å². The van der Waals surface area contributed by atoms with Crippen LogP contribution in [-0.4, -0.2) is 17.4 Å². The summed E-state index contributed by atoms with van der Waals surface area (Å²) >= 11 is 0. The first-order valence-electron chi connectivity index (χ1n) is 6.07. The number of halogens is 4. The molecule has 0 bridgehead atoms. The van der Waals surface area contributed by atoms with Gasteiger partial charge in [-0.1, -0.05) is 12.1 Å². The van der Waals surface area contributed by atoms with Crippen LogP contribution in [-0.2, 0) is 0 Å². The molecule has 0 saturated carbocycles. The van der Waals surface area contributed by atoms with E-state index in [-0.39, 0.29) is 16.7 Å². The molecular weight excluding hydrogens is 304 g/mol.